The van der Waals surface area contributed by atoms with Crippen molar-refractivity contribution in [3.63, 3.8) is 0 Å². The molecule has 104 valence electrons. The highest BCUT2D eigenvalue weighted by atomic mass is 19.1. The van der Waals surface area contributed by atoms with Gasteiger partial charge in [0.2, 0.25) is 0 Å². The topological polar surface area (TPSA) is 65.5 Å². The maximum atomic E-state index is 13.4. The number of carboxylic acid groups (broad SMARTS) is 1. The fourth-order valence-electron chi connectivity index (χ4n) is 2.79. The number of nitrogens with zero attached hydrogens (tertiary/aromatic N) is 2. The molecule has 21 heavy (non-hydrogen) atoms. The molecule has 0 saturated heterocycles. The van der Waals surface area contributed by atoms with Crippen LogP contribution >= 0.6 is 0 Å². The van der Waals surface area contributed by atoms with E-state index in [4.69, 9.17) is 0 Å². The number of halogens is 1. The van der Waals surface area contributed by atoms with Crippen molar-refractivity contribution in [3.05, 3.63) is 53.5 Å². The van der Waals surface area contributed by atoms with Crippen LogP contribution in [0, 0.1) is 5.82 Å². The molecule has 2 N–H and O–H groups in total. The van der Waals surface area contributed by atoms with Crippen molar-refractivity contribution in [1.29, 1.82) is 0 Å². The van der Waals surface area contributed by atoms with Crippen LogP contribution in [0.5, 0.6) is 0 Å². The van der Waals surface area contributed by atoms with Crippen molar-refractivity contribution in [3.8, 4) is 0 Å². The Kier molecular flexibility index (Phi) is 2.29. The fourth-order valence-corrected chi connectivity index (χ4v) is 2.79. The van der Waals surface area contributed by atoms with Crippen molar-refractivity contribution in [1.82, 2.24) is 4.98 Å². The molecule has 1 aromatic carbocycles. The third-order valence-electron chi connectivity index (χ3n) is 3.66. The van der Waals surface area contributed by atoms with Gasteiger partial charge in [-0.3, -0.25) is 4.90 Å². The Hall–Kier alpha value is -2.89. The van der Waals surface area contributed by atoms with E-state index in [-0.39, 0.29) is 5.57 Å². The summed E-state index contributed by atoms with van der Waals surface area (Å²) in [6.07, 6.45) is 2.06. The molecular formula is C15H10FN3O2. The van der Waals surface area contributed by atoms with Crippen LogP contribution in [0.4, 0.5) is 21.6 Å². The molecule has 0 bridgehead atoms. The third-order valence-corrected chi connectivity index (χ3v) is 3.66. The van der Waals surface area contributed by atoms with Crippen molar-refractivity contribution < 1.29 is 14.3 Å². The maximum absolute atomic E-state index is 13.4. The minimum Gasteiger partial charge on any atom is -0.478 e. The van der Waals surface area contributed by atoms with Crippen LogP contribution in [0.1, 0.15) is 5.56 Å². The van der Waals surface area contributed by atoms with E-state index in [9.17, 15) is 14.3 Å². The van der Waals surface area contributed by atoms with Gasteiger partial charge in [0.05, 0.1) is 23.1 Å². The largest absolute Gasteiger partial charge is 0.478 e. The zero-order valence-electron chi connectivity index (χ0n) is 10.7. The predicted molar refractivity (Wildman–Crippen MR) is 75.8 cm³/mol. The molecule has 1 aromatic heterocycles. The average Bonchev–Trinajstić information content (AvgIpc) is 2.85. The number of para-hydroxylation sites is 2. The number of fused-ring (bicyclic) bond motifs is 5. The number of hydrogen-bond acceptors (Lipinski definition) is 4. The summed E-state index contributed by atoms with van der Waals surface area (Å²) in [7, 11) is 0. The number of carbonyl (C=O) groups is 1. The summed E-state index contributed by atoms with van der Waals surface area (Å²) in [4.78, 5) is 17.4. The molecule has 6 heteroatoms. The number of aromatic nitrogens is 1. The first-order valence-electron chi connectivity index (χ1n) is 6.40. The Morgan fingerprint density at radius 2 is 2.19 bits per heavy atom. The number of nitrogens with one attached hydrogen (secondary N) is 1. The van der Waals surface area contributed by atoms with Gasteiger partial charge in [-0.25, -0.2) is 14.2 Å². The number of rotatable bonds is 1. The van der Waals surface area contributed by atoms with E-state index in [0.717, 1.165) is 17.6 Å². The molecule has 4 rings (SSSR count). The van der Waals surface area contributed by atoms with Crippen molar-refractivity contribution in [2.24, 2.45) is 0 Å². The molecule has 0 amide bonds. The van der Waals surface area contributed by atoms with Gasteiger partial charge >= 0.3 is 5.97 Å². The van der Waals surface area contributed by atoms with Gasteiger partial charge in [-0.05, 0) is 24.3 Å². The molecular weight excluding hydrogens is 273 g/mol. The van der Waals surface area contributed by atoms with Crippen LogP contribution in [0.25, 0.3) is 6.08 Å². The zero-order chi connectivity index (χ0) is 14.6. The molecule has 0 fully saturated rings. The lowest BCUT2D eigenvalue weighted by atomic mass is 10.0. The minimum atomic E-state index is -1.04. The molecule has 1 atom stereocenters. The van der Waals surface area contributed by atoms with E-state index in [1.165, 1.54) is 12.1 Å². The standard InChI is InChI=1S/C15H10FN3O2/c16-9-5-8-6-10(15(20)21)14-18-11-3-1-2-4-12(11)19(14)13(8)17-7-9/h1-7,14,18H,(H,20,21). The lowest BCUT2D eigenvalue weighted by Crippen LogP contribution is -2.39. The minimum absolute atomic E-state index is 0.158. The summed E-state index contributed by atoms with van der Waals surface area (Å²) in [6.45, 7) is 0. The zero-order valence-corrected chi connectivity index (χ0v) is 10.7. The molecule has 3 heterocycles. The second-order valence-electron chi connectivity index (χ2n) is 4.91. The van der Waals surface area contributed by atoms with E-state index in [2.05, 4.69) is 10.3 Å². The number of anilines is 3. The molecule has 5 nitrogen and oxygen atoms in total. The molecule has 2 aromatic rings. The van der Waals surface area contributed by atoms with Gasteiger partial charge in [-0.2, -0.15) is 0 Å². The van der Waals surface area contributed by atoms with E-state index in [0.29, 0.717) is 11.4 Å². The highest BCUT2D eigenvalue weighted by molar-refractivity contribution is 6.01. The number of pyridine rings is 1. The lowest BCUT2D eigenvalue weighted by molar-refractivity contribution is -0.132. The van der Waals surface area contributed by atoms with Crippen molar-refractivity contribution >= 4 is 29.2 Å². The third kappa shape index (κ3) is 1.62. The van der Waals surface area contributed by atoms with Crippen LogP contribution in [0.15, 0.2) is 42.1 Å². The molecule has 0 radical (unpaired) electrons. The number of hydrogen-bond donors (Lipinski definition) is 2. The molecule has 0 aliphatic carbocycles. The summed E-state index contributed by atoms with van der Waals surface area (Å²) >= 11 is 0. The Balaban J connectivity index is 1.98. The summed E-state index contributed by atoms with van der Waals surface area (Å²) in [5.41, 5.74) is 2.27. The molecule has 0 saturated carbocycles. The predicted octanol–water partition coefficient (Wildman–Crippen LogP) is 2.59. The van der Waals surface area contributed by atoms with E-state index in [1.807, 2.05) is 24.3 Å². The highest BCUT2D eigenvalue weighted by Crippen LogP contribution is 2.45. The Labute approximate surface area is 119 Å². The molecule has 2 aliphatic rings. The van der Waals surface area contributed by atoms with E-state index >= 15 is 0 Å². The Bertz CT molecular complexity index is 803. The van der Waals surface area contributed by atoms with E-state index in [1.54, 1.807) is 4.90 Å². The van der Waals surface area contributed by atoms with Gasteiger partial charge in [0, 0.05) is 5.56 Å². The van der Waals surface area contributed by atoms with Gasteiger partial charge in [0.1, 0.15) is 17.8 Å². The summed E-state index contributed by atoms with van der Waals surface area (Å²) in [5, 5.41) is 12.6. The van der Waals surface area contributed by atoms with Gasteiger partial charge < -0.3 is 10.4 Å². The smallest absolute Gasteiger partial charge is 0.335 e. The lowest BCUT2D eigenvalue weighted by Gasteiger charge is -2.31. The van der Waals surface area contributed by atoms with Crippen LogP contribution in [-0.2, 0) is 4.79 Å². The van der Waals surface area contributed by atoms with Crippen LogP contribution in [0.2, 0.25) is 0 Å². The first kappa shape index (κ1) is 11.9. The van der Waals surface area contributed by atoms with Gasteiger partial charge in [-0.1, -0.05) is 12.1 Å². The number of benzene rings is 1. The second-order valence-corrected chi connectivity index (χ2v) is 4.91. The van der Waals surface area contributed by atoms with Gasteiger partial charge in [0.15, 0.2) is 0 Å². The van der Waals surface area contributed by atoms with Gasteiger partial charge in [-0.15, -0.1) is 0 Å². The molecule has 2 aliphatic heterocycles. The SMILES string of the molecule is O=C(O)C1=Cc2cc(F)cnc2N2c3ccccc3NC12. The first-order valence-corrected chi connectivity index (χ1v) is 6.40. The van der Waals surface area contributed by atoms with Gasteiger partial charge in [0.25, 0.3) is 0 Å². The second kappa shape index (κ2) is 4.05. The Morgan fingerprint density at radius 1 is 1.38 bits per heavy atom. The highest BCUT2D eigenvalue weighted by Gasteiger charge is 2.39. The molecule has 0 spiro atoms. The maximum Gasteiger partial charge on any atom is 0.335 e. The van der Waals surface area contributed by atoms with Crippen molar-refractivity contribution in [2.45, 2.75) is 6.17 Å². The fraction of sp³-hybridized carbons (Fsp3) is 0.0667. The summed E-state index contributed by atoms with van der Waals surface area (Å²) in [5.74, 6) is -0.988. The van der Waals surface area contributed by atoms with Crippen molar-refractivity contribution in [2.75, 3.05) is 10.2 Å². The van der Waals surface area contributed by atoms with E-state index < -0.39 is 18.0 Å². The van der Waals surface area contributed by atoms with Crippen LogP contribution in [-0.4, -0.2) is 22.2 Å². The van der Waals surface area contributed by atoms with Crippen LogP contribution in [0.3, 0.4) is 0 Å². The first-order chi connectivity index (χ1) is 10.1. The summed E-state index contributed by atoms with van der Waals surface area (Å²) in [6, 6.07) is 8.78. The quantitative estimate of drug-likeness (QED) is 0.842. The number of carboxylic acids is 1. The monoisotopic (exact) mass is 283 g/mol. The van der Waals surface area contributed by atoms with Crippen LogP contribution < -0.4 is 10.2 Å². The molecule has 1 unspecified atom stereocenters. The normalized spacial score (nSPS) is 18.2. The Morgan fingerprint density at radius 3 is 3.00 bits per heavy atom. The summed E-state index contributed by atoms with van der Waals surface area (Å²) < 4.78 is 13.4. The number of aliphatic carboxylic acids is 1. The average molecular weight is 283 g/mol.